The zero-order valence-corrected chi connectivity index (χ0v) is 9.63. The van der Waals surface area contributed by atoms with Gasteiger partial charge in [-0.15, -0.1) is 0 Å². The molecule has 2 heteroatoms. The van der Waals surface area contributed by atoms with Crippen molar-refractivity contribution in [1.82, 2.24) is 4.90 Å². The van der Waals surface area contributed by atoms with E-state index >= 15 is 0 Å². The van der Waals surface area contributed by atoms with Crippen LogP contribution in [0.2, 0.25) is 0 Å². The number of allylic oxidation sites excluding steroid dienone is 6. The number of nitrogens with zero attached hydrogens (tertiary/aromatic N) is 1. The Balaban J connectivity index is 2.01. The van der Waals surface area contributed by atoms with Gasteiger partial charge in [-0.3, -0.25) is 0 Å². The van der Waals surface area contributed by atoms with Crippen molar-refractivity contribution in [2.45, 2.75) is 19.4 Å². The fourth-order valence-electron chi connectivity index (χ4n) is 3.25. The first-order valence-electron chi connectivity index (χ1n) is 6.09. The second kappa shape index (κ2) is 3.55. The zero-order chi connectivity index (χ0) is 11.1. The highest BCUT2D eigenvalue weighted by atomic mass is 15.2. The molecule has 84 valence electrons. The zero-order valence-electron chi connectivity index (χ0n) is 9.63. The van der Waals surface area contributed by atoms with Gasteiger partial charge in [-0.25, -0.2) is 0 Å². The highest BCUT2D eigenvalue weighted by molar-refractivity contribution is 5.35. The molecule has 0 saturated carbocycles. The summed E-state index contributed by atoms with van der Waals surface area (Å²) in [5.74, 6) is 1.21. The molecule has 0 aromatic heterocycles. The number of nitrogens with two attached hydrogens (primary N) is 1. The van der Waals surface area contributed by atoms with Crippen LogP contribution in [0.1, 0.15) is 13.3 Å². The third-order valence-electron chi connectivity index (χ3n) is 3.95. The van der Waals surface area contributed by atoms with E-state index in [1.807, 2.05) is 0 Å². The van der Waals surface area contributed by atoms with Crippen molar-refractivity contribution in [3.63, 3.8) is 0 Å². The quantitative estimate of drug-likeness (QED) is 0.725. The average molecular weight is 214 g/mol. The number of hydrogen-bond donors (Lipinski definition) is 1. The van der Waals surface area contributed by atoms with E-state index in [-0.39, 0.29) is 0 Å². The molecular formula is C14H18N2. The molecule has 3 atom stereocenters. The number of fused-ring (bicyclic) bond motifs is 3. The van der Waals surface area contributed by atoms with Gasteiger partial charge in [0.15, 0.2) is 0 Å². The SMILES string of the molecule is CCN1C2=CC=C(N)CC2[C@H]2C=CC=CC21. The van der Waals surface area contributed by atoms with Crippen molar-refractivity contribution in [3.8, 4) is 0 Å². The Bertz CT molecular complexity index is 410. The van der Waals surface area contributed by atoms with Crippen molar-refractivity contribution in [3.05, 3.63) is 47.9 Å². The van der Waals surface area contributed by atoms with Crippen LogP contribution in [0, 0.1) is 11.8 Å². The molecular weight excluding hydrogens is 196 g/mol. The van der Waals surface area contributed by atoms with Crippen molar-refractivity contribution in [1.29, 1.82) is 0 Å². The van der Waals surface area contributed by atoms with E-state index in [1.54, 1.807) is 0 Å². The van der Waals surface area contributed by atoms with Gasteiger partial charge >= 0.3 is 0 Å². The first-order chi connectivity index (χ1) is 7.81. The lowest BCUT2D eigenvalue weighted by Gasteiger charge is -2.27. The molecule has 1 aliphatic heterocycles. The van der Waals surface area contributed by atoms with Gasteiger partial charge in [0.05, 0.1) is 6.04 Å². The maximum atomic E-state index is 5.96. The van der Waals surface area contributed by atoms with E-state index in [1.165, 1.54) is 5.70 Å². The van der Waals surface area contributed by atoms with Gasteiger partial charge < -0.3 is 10.6 Å². The molecule has 2 nitrogen and oxygen atoms in total. The van der Waals surface area contributed by atoms with Crippen LogP contribution in [0.4, 0.5) is 0 Å². The minimum absolute atomic E-state index is 0.547. The van der Waals surface area contributed by atoms with Gasteiger partial charge in [0.2, 0.25) is 0 Å². The first kappa shape index (κ1) is 9.76. The molecule has 0 amide bonds. The van der Waals surface area contributed by atoms with Gasteiger partial charge in [0, 0.05) is 29.8 Å². The molecule has 0 radical (unpaired) electrons. The maximum absolute atomic E-state index is 5.96. The minimum Gasteiger partial charge on any atom is -0.402 e. The number of rotatable bonds is 1. The monoisotopic (exact) mass is 214 g/mol. The molecule has 0 aromatic carbocycles. The normalized spacial score (nSPS) is 35.6. The highest BCUT2D eigenvalue weighted by Crippen LogP contribution is 2.45. The van der Waals surface area contributed by atoms with Crippen LogP contribution in [-0.2, 0) is 0 Å². The van der Waals surface area contributed by atoms with Gasteiger partial charge in [-0.1, -0.05) is 24.3 Å². The smallest absolute Gasteiger partial charge is 0.0542 e. The Morgan fingerprint density at radius 1 is 1.31 bits per heavy atom. The summed E-state index contributed by atoms with van der Waals surface area (Å²) < 4.78 is 0. The lowest BCUT2D eigenvalue weighted by molar-refractivity contribution is 0.329. The lowest BCUT2D eigenvalue weighted by atomic mass is 9.82. The second-order valence-electron chi connectivity index (χ2n) is 4.77. The van der Waals surface area contributed by atoms with Crippen LogP contribution in [0.15, 0.2) is 47.9 Å². The van der Waals surface area contributed by atoms with Crippen LogP contribution >= 0.6 is 0 Å². The standard InChI is InChI=1S/C14H18N2/c1-2-16-13-6-4-3-5-11(13)12-9-10(15)7-8-14(12)16/h3-8,11-13H,2,9,15H2,1H3/t11-,12?,13?/m1/s1. The number of hydrogen-bond acceptors (Lipinski definition) is 2. The second-order valence-corrected chi connectivity index (χ2v) is 4.77. The van der Waals surface area contributed by atoms with Gasteiger partial charge in [-0.2, -0.15) is 0 Å². The minimum atomic E-state index is 0.547. The Kier molecular flexibility index (Phi) is 2.16. The van der Waals surface area contributed by atoms with E-state index in [4.69, 9.17) is 5.73 Å². The predicted octanol–water partition coefficient (Wildman–Crippen LogP) is 2.18. The largest absolute Gasteiger partial charge is 0.402 e. The van der Waals surface area contributed by atoms with Crippen LogP contribution in [-0.4, -0.2) is 17.5 Å². The molecule has 0 bridgehead atoms. The van der Waals surface area contributed by atoms with E-state index < -0.39 is 0 Å². The van der Waals surface area contributed by atoms with Gasteiger partial charge in [-0.05, 0) is 25.5 Å². The topological polar surface area (TPSA) is 29.3 Å². The summed E-state index contributed by atoms with van der Waals surface area (Å²) in [5.41, 5.74) is 8.45. The molecule has 0 spiro atoms. The molecule has 2 unspecified atom stereocenters. The molecule has 3 aliphatic rings. The van der Waals surface area contributed by atoms with Crippen molar-refractivity contribution in [2.24, 2.45) is 17.6 Å². The van der Waals surface area contributed by atoms with Crippen molar-refractivity contribution >= 4 is 0 Å². The molecule has 3 rings (SSSR count). The number of likely N-dealkylation sites (tertiary alicyclic amines) is 1. The van der Waals surface area contributed by atoms with Crippen molar-refractivity contribution < 1.29 is 0 Å². The summed E-state index contributed by atoms with van der Waals surface area (Å²) in [6.45, 7) is 3.31. The number of likely N-dealkylation sites (N-methyl/N-ethyl adjacent to an activating group) is 1. The summed E-state index contributed by atoms with van der Waals surface area (Å²) in [6.07, 6.45) is 14.3. The molecule has 0 aromatic rings. The van der Waals surface area contributed by atoms with Gasteiger partial charge in [0.25, 0.3) is 0 Å². The molecule has 1 fully saturated rings. The molecule has 16 heavy (non-hydrogen) atoms. The van der Waals surface area contributed by atoms with Crippen molar-refractivity contribution in [2.75, 3.05) is 6.54 Å². The van der Waals surface area contributed by atoms with Crippen LogP contribution in [0.5, 0.6) is 0 Å². The van der Waals surface area contributed by atoms with E-state index in [9.17, 15) is 0 Å². The molecule has 2 N–H and O–H groups in total. The average Bonchev–Trinajstić information content (AvgIpc) is 2.62. The Hall–Kier alpha value is -1.44. The summed E-state index contributed by atoms with van der Waals surface area (Å²) >= 11 is 0. The third-order valence-corrected chi connectivity index (χ3v) is 3.95. The van der Waals surface area contributed by atoms with E-state index in [0.717, 1.165) is 18.7 Å². The van der Waals surface area contributed by atoms with E-state index in [2.05, 4.69) is 48.3 Å². The molecule has 1 saturated heterocycles. The summed E-state index contributed by atoms with van der Waals surface area (Å²) in [4.78, 5) is 2.51. The Morgan fingerprint density at radius 2 is 2.12 bits per heavy atom. The maximum Gasteiger partial charge on any atom is 0.0542 e. The molecule has 1 heterocycles. The lowest BCUT2D eigenvalue weighted by Crippen LogP contribution is -2.30. The van der Waals surface area contributed by atoms with Crippen LogP contribution in [0.3, 0.4) is 0 Å². The Labute approximate surface area is 96.8 Å². The highest BCUT2D eigenvalue weighted by Gasteiger charge is 2.42. The summed E-state index contributed by atoms with van der Waals surface area (Å²) in [7, 11) is 0. The fourth-order valence-corrected chi connectivity index (χ4v) is 3.25. The first-order valence-corrected chi connectivity index (χ1v) is 6.09. The van der Waals surface area contributed by atoms with E-state index in [0.29, 0.717) is 17.9 Å². The summed E-state index contributed by atoms with van der Waals surface area (Å²) in [6, 6.07) is 0.547. The van der Waals surface area contributed by atoms with Crippen LogP contribution < -0.4 is 5.73 Å². The van der Waals surface area contributed by atoms with Crippen LogP contribution in [0.25, 0.3) is 0 Å². The Morgan fingerprint density at radius 3 is 2.94 bits per heavy atom. The van der Waals surface area contributed by atoms with Gasteiger partial charge in [0.1, 0.15) is 0 Å². The molecule has 2 aliphatic carbocycles. The predicted molar refractivity (Wildman–Crippen MR) is 66.4 cm³/mol. The third kappa shape index (κ3) is 1.26. The summed E-state index contributed by atoms with van der Waals surface area (Å²) in [5, 5.41) is 0. The fraction of sp³-hybridized carbons (Fsp3) is 0.429.